The van der Waals surface area contributed by atoms with Gasteiger partial charge in [0.2, 0.25) is 5.91 Å². The summed E-state index contributed by atoms with van der Waals surface area (Å²) in [5, 5.41) is 6.19. The largest absolute Gasteiger partial charge is 0.349 e. The number of amides is 2. The molecule has 1 aliphatic carbocycles. The number of hydrogen-bond acceptors (Lipinski definition) is 3. The third-order valence-electron chi connectivity index (χ3n) is 4.10. The summed E-state index contributed by atoms with van der Waals surface area (Å²) in [6.07, 6.45) is 2.12. The van der Waals surface area contributed by atoms with E-state index in [9.17, 15) is 14.4 Å². The molecule has 0 saturated heterocycles. The molecule has 0 aromatic heterocycles. The van der Waals surface area contributed by atoms with Gasteiger partial charge in [-0.2, -0.15) is 0 Å². The Balaban J connectivity index is 1.57. The second-order valence-electron chi connectivity index (χ2n) is 6.27. The molecule has 0 unspecified atom stereocenters. The monoisotopic (exact) mass is 370 g/mol. The van der Waals surface area contributed by atoms with E-state index in [4.69, 9.17) is 11.6 Å². The van der Waals surface area contributed by atoms with E-state index in [-0.39, 0.29) is 36.5 Å². The van der Waals surface area contributed by atoms with Gasteiger partial charge in [0.1, 0.15) is 0 Å². The van der Waals surface area contributed by atoms with Crippen LogP contribution >= 0.6 is 11.6 Å². The molecule has 2 amide bonds. The molecule has 134 valence electrons. The summed E-state index contributed by atoms with van der Waals surface area (Å²) >= 11 is 5.80. The number of ketones is 1. The fourth-order valence-corrected chi connectivity index (χ4v) is 2.63. The van der Waals surface area contributed by atoms with E-state index in [1.54, 1.807) is 48.5 Å². The van der Waals surface area contributed by atoms with Crippen molar-refractivity contribution in [2.24, 2.45) is 0 Å². The Morgan fingerprint density at radius 1 is 0.962 bits per heavy atom. The summed E-state index contributed by atoms with van der Waals surface area (Å²) in [4.78, 5) is 36.6. The Bertz CT molecular complexity index is 829. The van der Waals surface area contributed by atoms with Gasteiger partial charge in [-0.15, -0.1) is 0 Å². The molecule has 0 atom stereocenters. The van der Waals surface area contributed by atoms with Crippen molar-refractivity contribution in [3.63, 3.8) is 0 Å². The van der Waals surface area contributed by atoms with Crippen LogP contribution < -0.4 is 10.6 Å². The quantitative estimate of drug-likeness (QED) is 0.727. The highest BCUT2D eigenvalue weighted by molar-refractivity contribution is 6.30. The molecule has 2 aromatic carbocycles. The van der Waals surface area contributed by atoms with Gasteiger partial charge in [0.05, 0.1) is 11.3 Å². The molecule has 1 aliphatic rings. The second kappa shape index (κ2) is 8.15. The van der Waals surface area contributed by atoms with Crippen LogP contribution in [0.3, 0.4) is 0 Å². The maximum atomic E-state index is 12.2. The Morgan fingerprint density at radius 2 is 1.65 bits per heavy atom. The number of para-hydroxylation sites is 1. The number of halogens is 1. The van der Waals surface area contributed by atoms with Crippen LogP contribution in [0.1, 0.15) is 46.4 Å². The lowest BCUT2D eigenvalue weighted by Crippen LogP contribution is -2.27. The number of benzene rings is 2. The minimum absolute atomic E-state index is 0.0417. The molecule has 1 saturated carbocycles. The highest BCUT2D eigenvalue weighted by Crippen LogP contribution is 2.22. The first-order valence-electron chi connectivity index (χ1n) is 8.51. The predicted molar refractivity (Wildman–Crippen MR) is 101 cm³/mol. The SMILES string of the molecule is O=C(CCC(=O)c1ccc(Cl)cc1)Nc1ccccc1C(=O)NC1CC1. The van der Waals surface area contributed by atoms with E-state index >= 15 is 0 Å². The Morgan fingerprint density at radius 3 is 2.35 bits per heavy atom. The number of carbonyl (C=O) groups excluding carboxylic acids is 3. The van der Waals surface area contributed by atoms with Gasteiger partial charge in [0.25, 0.3) is 5.91 Å². The van der Waals surface area contributed by atoms with Gasteiger partial charge in [-0.05, 0) is 49.2 Å². The Labute approximate surface area is 156 Å². The van der Waals surface area contributed by atoms with E-state index in [1.165, 1.54) is 0 Å². The first kappa shape index (κ1) is 18.1. The van der Waals surface area contributed by atoms with Crippen LogP contribution in [-0.4, -0.2) is 23.6 Å². The van der Waals surface area contributed by atoms with Crippen molar-refractivity contribution in [2.45, 2.75) is 31.7 Å². The number of hydrogen-bond donors (Lipinski definition) is 2. The normalized spacial score (nSPS) is 13.1. The fourth-order valence-electron chi connectivity index (χ4n) is 2.50. The molecular weight excluding hydrogens is 352 g/mol. The molecule has 0 bridgehead atoms. The summed E-state index contributed by atoms with van der Waals surface area (Å²) in [5.74, 6) is -0.629. The Kier molecular flexibility index (Phi) is 5.68. The average molecular weight is 371 g/mol. The third kappa shape index (κ3) is 4.92. The highest BCUT2D eigenvalue weighted by Gasteiger charge is 2.25. The molecule has 0 spiro atoms. The summed E-state index contributed by atoms with van der Waals surface area (Å²) in [7, 11) is 0. The lowest BCUT2D eigenvalue weighted by molar-refractivity contribution is -0.116. The molecule has 2 N–H and O–H groups in total. The van der Waals surface area contributed by atoms with Crippen LogP contribution in [0.2, 0.25) is 5.02 Å². The molecule has 2 aromatic rings. The number of carbonyl (C=O) groups is 3. The van der Waals surface area contributed by atoms with Crippen molar-refractivity contribution in [3.8, 4) is 0 Å². The minimum atomic E-state index is -0.306. The molecule has 0 heterocycles. The van der Waals surface area contributed by atoms with E-state index in [0.717, 1.165) is 12.8 Å². The molecular formula is C20H19ClN2O3. The average Bonchev–Trinajstić information content (AvgIpc) is 3.44. The van der Waals surface area contributed by atoms with E-state index < -0.39 is 0 Å². The zero-order chi connectivity index (χ0) is 18.5. The van der Waals surface area contributed by atoms with Crippen molar-refractivity contribution >= 4 is 34.9 Å². The number of rotatable bonds is 7. The second-order valence-corrected chi connectivity index (χ2v) is 6.71. The van der Waals surface area contributed by atoms with E-state index in [1.807, 2.05) is 0 Å². The highest BCUT2D eigenvalue weighted by atomic mass is 35.5. The van der Waals surface area contributed by atoms with Gasteiger partial charge in [0, 0.05) is 29.5 Å². The fraction of sp³-hybridized carbons (Fsp3) is 0.250. The summed E-state index contributed by atoms with van der Waals surface area (Å²) in [6.45, 7) is 0. The maximum absolute atomic E-state index is 12.2. The molecule has 6 heteroatoms. The topological polar surface area (TPSA) is 75.3 Å². The lowest BCUT2D eigenvalue weighted by atomic mass is 10.1. The van der Waals surface area contributed by atoms with Crippen molar-refractivity contribution < 1.29 is 14.4 Å². The number of Topliss-reactive ketones (excluding diaryl/α,β-unsaturated/α-hetero) is 1. The minimum Gasteiger partial charge on any atom is -0.349 e. The first-order chi connectivity index (χ1) is 12.5. The van der Waals surface area contributed by atoms with Gasteiger partial charge < -0.3 is 10.6 Å². The van der Waals surface area contributed by atoms with Gasteiger partial charge in [0.15, 0.2) is 5.78 Å². The molecule has 1 fully saturated rings. The van der Waals surface area contributed by atoms with Crippen molar-refractivity contribution in [1.82, 2.24) is 5.32 Å². The van der Waals surface area contributed by atoms with Gasteiger partial charge in [-0.25, -0.2) is 0 Å². The lowest BCUT2D eigenvalue weighted by Gasteiger charge is -2.11. The summed E-state index contributed by atoms with van der Waals surface area (Å²) in [6, 6.07) is 13.7. The molecule has 0 radical (unpaired) electrons. The van der Waals surface area contributed by atoms with Crippen LogP contribution in [0.25, 0.3) is 0 Å². The molecule has 3 rings (SSSR count). The van der Waals surface area contributed by atoms with Gasteiger partial charge >= 0.3 is 0 Å². The van der Waals surface area contributed by atoms with Crippen LogP contribution in [-0.2, 0) is 4.79 Å². The van der Waals surface area contributed by atoms with Gasteiger partial charge in [-0.3, -0.25) is 14.4 Å². The van der Waals surface area contributed by atoms with Crippen molar-refractivity contribution in [1.29, 1.82) is 0 Å². The van der Waals surface area contributed by atoms with Crippen LogP contribution in [0.15, 0.2) is 48.5 Å². The Hall–Kier alpha value is -2.66. The molecule has 5 nitrogen and oxygen atoms in total. The standard InChI is InChI=1S/C20H19ClN2O3/c21-14-7-5-13(6-8-14)18(24)11-12-19(25)23-17-4-2-1-3-16(17)20(26)22-15-9-10-15/h1-8,15H,9-12H2,(H,22,26)(H,23,25). The van der Waals surface area contributed by atoms with Gasteiger partial charge in [-0.1, -0.05) is 23.7 Å². The zero-order valence-electron chi connectivity index (χ0n) is 14.1. The summed E-state index contributed by atoms with van der Waals surface area (Å²) < 4.78 is 0. The number of anilines is 1. The number of nitrogens with one attached hydrogen (secondary N) is 2. The summed E-state index contributed by atoms with van der Waals surface area (Å²) in [5.41, 5.74) is 1.40. The van der Waals surface area contributed by atoms with E-state index in [2.05, 4.69) is 10.6 Å². The van der Waals surface area contributed by atoms with Crippen LogP contribution in [0, 0.1) is 0 Å². The van der Waals surface area contributed by atoms with E-state index in [0.29, 0.717) is 21.8 Å². The third-order valence-corrected chi connectivity index (χ3v) is 4.36. The van der Waals surface area contributed by atoms with Crippen LogP contribution in [0.5, 0.6) is 0 Å². The smallest absolute Gasteiger partial charge is 0.253 e. The maximum Gasteiger partial charge on any atom is 0.253 e. The molecule has 26 heavy (non-hydrogen) atoms. The molecule has 0 aliphatic heterocycles. The zero-order valence-corrected chi connectivity index (χ0v) is 14.9. The van der Waals surface area contributed by atoms with Crippen molar-refractivity contribution in [2.75, 3.05) is 5.32 Å². The van der Waals surface area contributed by atoms with Crippen LogP contribution in [0.4, 0.5) is 5.69 Å². The first-order valence-corrected chi connectivity index (χ1v) is 8.89. The predicted octanol–water partition coefficient (Wildman–Crippen LogP) is 3.83. The van der Waals surface area contributed by atoms with Crippen molar-refractivity contribution in [3.05, 3.63) is 64.7 Å².